The van der Waals surface area contributed by atoms with Crippen molar-refractivity contribution in [2.75, 3.05) is 7.11 Å². The number of allylic oxidation sites excluding steroid dienone is 1. The molecule has 0 spiro atoms. The van der Waals surface area contributed by atoms with E-state index in [0.29, 0.717) is 5.92 Å². The summed E-state index contributed by atoms with van der Waals surface area (Å²) < 4.78 is 11.7. The Hall–Kier alpha value is -0.543. The van der Waals surface area contributed by atoms with Crippen molar-refractivity contribution in [2.24, 2.45) is 5.92 Å². The van der Waals surface area contributed by atoms with Crippen LogP contribution in [0, 0.1) is 5.92 Å². The summed E-state index contributed by atoms with van der Waals surface area (Å²) in [7, 11) is 0.285. The topological polar surface area (TPSA) is 18.5 Å². The maximum absolute atomic E-state index is 6.12. The number of methoxy groups -OCH3 is 1. The molecular weight excluding hydrogens is 216 g/mol. The molecule has 1 rings (SSSR count). The van der Waals surface area contributed by atoms with Crippen LogP contribution in [-0.4, -0.2) is 21.5 Å². The Kier molecular flexibility index (Phi) is 4.39. The number of rotatable bonds is 5. The highest BCUT2D eigenvalue weighted by Crippen LogP contribution is 2.37. The Labute approximate surface area is 100 Å². The van der Waals surface area contributed by atoms with E-state index in [0.717, 1.165) is 18.6 Å². The molecule has 0 radical (unpaired) electrons. The van der Waals surface area contributed by atoms with Crippen molar-refractivity contribution >= 4 is 8.32 Å². The maximum Gasteiger partial charge on any atom is 0.241 e. The van der Waals surface area contributed by atoms with Gasteiger partial charge in [-0.15, -0.1) is 6.58 Å². The lowest BCUT2D eigenvalue weighted by Gasteiger charge is -2.21. The molecule has 0 aromatic rings. The van der Waals surface area contributed by atoms with Crippen LogP contribution in [0.2, 0.25) is 19.6 Å². The van der Waals surface area contributed by atoms with Gasteiger partial charge >= 0.3 is 0 Å². The Morgan fingerprint density at radius 1 is 1.44 bits per heavy atom. The standard InChI is InChI=1S/C13H24O2Si/c1-7-8-11-10(2)12(9-13(11)14-3)15-16(4,5)6/h7,11,13H,1,8-9H2,2-6H3/t11-,13+/m1/s1. The van der Waals surface area contributed by atoms with Gasteiger partial charge < -0.3 is 9.16 Å². The Morgan fingerprint density at radius 2 is 2.06 bits per heavy atom. The molecule has 0 amide bonds. The molecule has 0 aromatic heterocycles. The molecule has 0 unspecified atom stereocenters. The number of hydrogen-bond donors (Lipinski definition) is 0. The third-order valence-electron chi connectivity index (χ3n) is 2.98. The minimum Gasteiger partial charge on any atom is -0.547 e. The van der Waals surface area contributed by atoms with Crippen molar-refractivity contribution < 1.29 is 9.16 Å². The molecule has 0 saturated heterocycles. The fourth-order valence-electron chi connectivity index (χ4n) is 2.22. The minimum atomic E-state index is -1.50. The highest BCUT2D eigenvalue weighted by molar-refractivity contribution is 6.70. The first kappa shape index (κ1) is 13.5. The molecule has 0 aliphatic heterocycles. The van der Waals surface area contributed by atoms with Gasteiger partial charge in [-0.05, 0) is 38.6 Å². The van der Waals surface area contributed by atoms with Gasteiger partial charge in [0.2, 0.25) is 8.32 Å². The fourth-order valence-corrected chi connectivity index (χ4v) is 3.20. The van der Waals surface area contributed by atoms with E-state index in [1.165, 1.54) is 5.57 Å². The van der Waals surface area contributed by atoms with Crippen LogP contribution in [0.5, 0.6) is 0 Å². The first-order chi connectivity index (χ1) is 7.39. The van der Waals surface area contributed by atoms with Crippen LogP contribution >= 0.6 is 0 Å². The molecule has 0 aromatic carbocycles. The Balaban J connectivity index is 2.81. The average Bonchev–Trinajstić information content (AvgIpc) is 2.44. The van der Waals surface area contributed by atoms with Crippen LogP contribution in [0.15, 0.2) is 24.0 Å². The summed E-state index contributed by atoms with van der Waals surface area (Å²) in [5, 5.41) is 0. The Bertz CT molecular complexity index is 289. The molecule has 0 heterocycles. The van der Waals surface area contributed by atoms with Crippen molar-refractivity contribution in [3.8, 4) is 0 Å². The van der Waals surface area contributed by atoms with E-state index in [1.807, 2.05) is 6.08 Å². The molecule has 2 nitrogen and oxygen atoms in total. The highest BCUT2D eigenvalue weighted by Gasteiger charge is 2.34. The smallest absolute Gasteiger partial charge is 0.241 e. The summed E-state index contributed by atoms with van der Waals surface area (Å²) in [6.45, 7) is 12.6. The summed E-state index contributed by atoms with van der Waals surface area (Å²) in [5.41, 5.74) is 1.36. The van der Waals surface area contributed by atoms with Crippen LogP contribution in [0.3, 0.4) is 0 Å². The van der Waals surface area contributed by atoms with Gasteiger partial charge in [0.15, 0.2) is 0 Å². The highest BCUT2D eigenvalue weighted by atomic mass is 28.4. The molecule has 16 heavy (non-hydrogen) atoms. The van der Waals surface area contributed by atoms with Gasteiger partial charge in [-0.3, -0.25) is 0 Å². The van der Waals surface area contributed by atoms with E-state index in [-0.39, 0.29) is 6.10 Å². The number of hydrogen-bond acceptors (Lipinski definition) is 2. The molecule has 92 valence electrons. The number of ether oxygens (including phenoxy) is 1. The molecule has 0 N–H and O–H groups in total. The van der Waals surface area contributed by atoms with Gasteiger partial charge in [-0.1, -0.05) is 6.08 Å². The lowest BCUT2D eigenvalue weighted by molar-refractivity contribution is 0.0731. The molecular formula is C13H24O2Si. The third-order valence-corrected chi connectivity index (χ3v) is 3.84. The van der Waals surface area contributed by atoms with Crippen molar-refractivity contribution in [2.45, 2.75) is 45.5 Å². The Morgan fingerprint density at radius 3 is 2.50 bits per heavy atom. The van der Waals surface area contributed by atoms with Crippen LogP contribution in [0.4, 0.5) is 0 Å². The van der Waals surface area contributed by atoms with Gasteiger partial charge in [0.1, 0.15) is 0 Å². The minimum absolute atomic E-state index is 0.268. The van der Waals surface area contributed by atoms with E-state index in [1.54, 1.807) is 7.11 Å². The second-order valence-corrected chi connectivity index (χ2v) is 9.86. The zero-order chi connectivity index (χ0) is 12.3. The third kappa shape index (κ3) is 3.22. The van der Waals surface area contributed by atoms with E-state index in [2.05, 4.69) is 33.1 Å². The molecule has 3 heteroatoms. The maximum atomic E-state index is 6.12. The van der Waals surface area contributed by atoms with Gasteiger partial charge in [0, 0.05) is 19.4 Å². The first-order valence-corrected chi connectivity index (χ1v) is 9.32. The quantitative estimate of drug-likeness (QED) is 0.538. The molecule has 2 atom stereocenters. The van der Waals surface area contributed by atoms with Gasteiger partial charge in [0.25, 0.3) is 0 Å². The van der Waals surface area contributed by atoms with E-state index in [9.17, 15) is 0 Å². The van der Waals surface area contributed by atoms with E-state index < -0.39 is 8.32 Å². The van der Waals surface area contributed by atoms with Crippen molar-refractivity contribution in [3.63, 3.8) is 0 Å². The van der Waals surface area contributed by atoms with Crippen molar-refractivity contribution in [1.29, 1.82) is 0 Å². The lowest BCUT2D eigenvalue weighted by atomic mass is 9.96. The normalized spacial score (nSPS) is 26.1. The van der Waals surface area contributed by atoms with Crippen molar-refractivity contribution in [3.05, 3.63) is 24.0 Å². The van der Waals surface area contributed by atoms with Gasteiger partial charge in [0.05, 0.1) is 11.9 Å². The lowest BCUT2D eigenvalue weighted by Crippen LogP contribution is -2.25. The van der Waals surface area contributed by atoms with Crippen LogP contribution in [0.25, 0.3) is 0 Å². The molecule has 0 fully saturated rings. The summed E-state index contributed by atoms with van der Waals surface area (Å²) in [6.07, 6.45) is 4.13. The largest absolute Gasteiger partial charge is 0.547 e. The zero-order valence-electron chi connectivity index (χ0n) is 11.2. The average molecular weight is 240 g/mol. The van der Waals surface area contributed by atoms with Gasteiger partial charge in [-0.25, -0.2) is 0 Å². The van der Waals surface area contributed by atoms with E-state index in [4.69, 9.17) is 9.16 Å². The monoisotopic (exact) mass is 240 g/mol. The zero-order valence-corrected chi connectivity index (χ0v) is 12.2. The van der Waals surface area contributed by atoms with Gasteiger partial charge in [-0.2, -0.15) is 0 Å². The predicted octanol–water partition coefficient (Wildman–Crippen LogP) is 3.72. The first-order valence-electron chi connectivity index (χ1n) is 5.91. The molecule has 1 aliphatic rings. The summed E-state index contributed by atoms with van der Waals surface area (Å²) in [5.74, 6) is 1.62. The molecule has 0 bridgehead atoms. The summed E-state index contributed by atoms with van der Waals surface area (Å²) in [6, 6.07) is 0. The summed E-state index contributed by atoms with van der Waals surface area (Å²) in [4.78, 5) is 0. The van der Waals surface area contributed by atoms with Crippen LogP contribution < -0.4 is 0 Å². The fraction of sp³-hybridized carbons (Fsp3) is 0.692. The SMILES string of the molecule is C=CC[C@@H]1C(C)=C(O[Si](C)(C)C)C[C@@H]1OC. The second kappa shape index (κ2) is 5.19. The second-order valence-electron chi connectivity index (χ2n) is 5.43. The predicted molar refractivity (Wildman–Crippen MR) is 70.8 cm³/mol. The summed E-state index contributed by atoms with van der Waals surface area (Å²) >= 11 is 0. The van der Waals surface area contributed by atoms with Crippen LogP contribution in [0.1, 0.15) is 19.8 Å². The van der Waals surface area contributed by atoms with E-state index >= 15 is 0 Å². The van der Waals surface area contributed by atoms with Crippen LogP contribution in [-0.2, 0) is 9.16 Å². The molecule has 0 saturated carbocycles. The van der Waals surface area contributed by atoms with Crippen molar-refractivity contribution in [1.82, 2.24) is 0 Å². The molecule has 1 aliphatic carbocycles.